The predicted molar refractivity (Wildman–Crippen MR) is 112 cm³/mol. The van der Waals surface area contributed by atoms with E-state index >= 15 is 0 Å². The number of amides is 3. The summed E-state index contributed by atoms with van der Waals surface area (Å²) in [5, 5.41) is 8.77. The molecule has 3 amide bonds. The first-order valence-electron chi connectivity index (χ1n) is 8.88. The SMILES string of the molecule is O=C(N/N=C/c1ccc(F)cc1)C(=O)Nc1ccccc1C(=O)Nc1ccccc1. The van der Waals surface area contributed by atoms with Crippen molar-refractivity contribution in [3.8, 4) is 0 Å². The number of nitrogens with zero attached hydrogens (tertiary/aromatic N) is 1. The highest BCUT2D eigenvalue weighted by Crippen LogP contribution is 2.17. The van der Waals surface area contributed by atoms with Crippen molar-refractivity contribution in [2.75, 3.05) is 10.6 Å². The number of carbonyl (C=O) groups excluding carboxylic acids is 3. The van der Waals surface area contributed by atoms with Gasteiger partial charge in [-0.15, -0.1) is 0 Å². The second kappa shape index (κ2) is 9.74. The zero-order chi connectivity index (χ0) is 21.3. The van der Waals surface area contributed by atoms with Gasteiger partial charge in [0.1, 0.15) is 5.82 Å². The summed E-state index contributed by atoms with van der Waals surface area (Å²) in [5.74, 6) is -2.85. The van der Waals surface area contributed by atoms with Gasteiger partial charge in [0.2, 0.25) is 0 Å². The van der Waals surface area contributed by atoms with Crippen LogP contribution in [0.15, 0.2) is 84.0 Å². The minimum absolute atomic E-state index is 0.175. The Bertz CT molecular complexity index is 1080. The van der Waals surface area contributed by atoms with Crippen LogP contribution in [0.4, 0.5) is 15.8 Å². The molecule has 3 rings (SSSR count). The Balaban J connectivity index is 1.62. The average molecular weight is 404 g/mol. The van der Waals surface area contributed by atoms with E-state index in [4.69, 9.17) is 0 Å². The first-order valence-corrected chi connectivity index (χ1v) is 8.88. The quantitative estimate of drug-likeness (QED) is 0.346. The molecule has 0 radical (unpaired) electrons. The Hall–Kier alpha value is -4.33. The molecule has 0 bridgehead atoms. The van der Waals surface area contributed by atoms with E-state index < -0.39 is 23.5 Å². The van der Waals surface area contributed by atoms with Gasteiger partial charge in [0.25, 0.3) is 5.91 Å². The van der Waals surface area contributed by atoms with Crippen LogP contribution in [0, 0.1) is 5.82 Å². The molecule has 0 aliphatic carbocycles. The Morgan fingerprint density at radius 2 is 1.43 bits per heavy atom. The van der Waals surface area contributed by atoms with Crippen molar-refractivity contribution in [3.05, 3.63) is 95.8 Å². The molecule has 8 heteroatoms. The van der Waals surface area contributed by atoms with Crippen molar-refractivity contribution in [3.63, 3.8) is 0 Å². The third kappa shape index (κ3) is 5.59. The standard InChI is InChI=1S/C22H17FN4O3/c23-16-12-10-15(11-13-16)14-24-27-22(30)21(29)26-19-9-5-4-8-18(19)20(28)25-17-6-2-1-3-7-17/h1-14H,(H,25,28)(H,26,29)(H,27,30)/b24-14+. The highest BCUT2D eigenvalue weighted by molar-refractivity contribution is 6.40. The molecule has 0 saturated carbocycles. The van der Waals surface area contributed by atoms with Crippen LogP contribution in [-0.2, 0) is 9.59 Å². The molecule has 0 aliphatic rings. The molecule has 3 aromatic carbocycles. The second-order valence-corrected chi connectivity index (χ2v) is 6.07. The number of hydrazone groups is 1. The molecule has 0 unspecified atom stereocenters. The third-order valence-electron chi connectivity index (χ3n) is 3.91. The van der Waals surface area contributed by atoms with Gasteiger partial charge >= 0.3 is 11.8 Å². The molecular formula is C22H17FN4O3. The van der Waals surface area contributed by atoms with Crippen LogP contribution >= 0.6 is 0 Å². The topological polar surface area (TPSA) is 99.7 Å². The molecule has 0 atom stereocenters. The summed E-state index contributed by atoms with van der Waals surface area (Å²) in [6.07, 6.45) is 1.27. The lowest BCUT2D eigenvalue weighted by molar-refractivity contribution is -0.136. The van der Waals surface area contributed by atoms with E-state index in [1.165, 1.54) is 42.6 Å². The van der Waals surface area contributed by atoms with Crippen LogP contribution in [0.25, 0.3) is 0 Å². The molecule has 0 aliphatic heterocycles. The number of nitrogens with one attached hydrogen (secondary N) is 3. The zero-order valence-electron chi connectivity index (χ0n) is 15.6. The Labute approximate surface area is 171 Å². The number of benzene rings is 3. The number of hydrogen-bond donors (Lipinski definition) is 3. The van der Waals surface area contributed by atoms with E-state index in [1.54, 1.807) is 36.4 Å². The van der Waals surface area contributed by atoms with Gasteiger partial charge in [-0.05, 0) is 42.0 Å². The monoisotopic (exact) mass is 404 g/mol. The van der Waals surface area contributed by atoms with Crippen LogP contribution < -0.4 is 16.1 Å². The molecule has 3 N–H and O–H groups in total. The molecule has 0 fully saturated rings. The lowest BCUT2D eigenvalue weighted by atomic mass is 10.1. The highest BCUT2D eigenvalue weighted by Gasteiger charge is 2.17. The van der Waals surface area contributed by atoms with Crippen molar-refractivity contribution in [1.29, 1.82) is 0 Å². The van der Waals surface area contributed by atoms with Crippen molar-refractivity contribution < 1.29 is 18.8 Å². The fourth-order valence-corrected chi connectivity index (χ4v) is 2.45. The molecule has 0 aromatic heterocycles. The van der Waals surface area contributed by atoms with E-state index in [0.717, 1.165) is 0 Å². The number of para-hydroxylation sites is 2. The highest BCUT2D eigenvalue weighted by atomic mass is 19.1. The van der Waals surface area contributed by atoms with Crippen LogP contribution in [0.3, 0.4) is 0 Å². The first kappa shape index (κ1) is 20.4. The number of anilines is 2. The summed E-state index contributed by atoms with van der Waals surface area (Å²) in [4.78, 5) is 36.6. The summed E-state index contributed by atoms with van der Waals surface area (Å²) >= 11 is 0. The molecule has 0 saturated heterocycles. The molecular weight excluding hydrogens is 387 g/mol. The fraction of sp³-hybridized carbons (Fsp3) is 0. The van der Waals surface area contributed by atoms with Gasteiger partial charge in [0.15, 0.2) is 0 Å². The smallest absolute Gasteiger partial charge is 0.322 e. The molecule has 150 valence electrons. The van der Waals surface area contributed by atoms with E-state index in [0.29, 0.717) is 11.3 Å². The first-order chi connectivity index (χ1) is 14.5. The second-order valence-electron chi connectivity index (χ2n) is 6.07. The lowest BCUT2D eigenvalue weighted by Crippen LogP contribution is -2.33. The number of carbonyl (C=O) groups is 3. The summed E-state index contributed by atoms with van der Waals surface area (Å²) in [6, 6.07) is 20.5. The van der Waals surface area contributed by atoms with Gasteiger partial charge in [0, 0.05) is 5.69 Å². The molecule has 7 nitrogen and oxygen atoms in total. The van der Waals surface area contributed by atoms with Crippen LogP contribution in [-0.4, -0.2) is 23.9 Å². The fourth-order valence-electron chi connectivity index (χ4n) is 2.45. The van der Waals surface area contributed by atoms with Gasteiger partial charge in [0.05, 0.1) is 17.5 Å². The summed E-state index contributed by atoms with van der Waals surface area (Å²) in [6.45, 7) is 0. The van der Waals surface area contributed by atoms with Crippen molar-refractivity contribution >= 4 is 35.3 Å². The minimum Gasteiger partial charge on any atom is -0.322 e. The van der Waals surface area contributed by atoms with Gasteiger partial charge in [-0.2, -0.15) is 5.10 Å². The van der Waals surface area contributed by atoms with Crippen molar-refractivity contribution in [2.45, 2.75) is 0 Å². The Morgan fingerprint density at radius 3 is 2.17 bits per heavy atom. The van der Waals surface area contributed by atoms with Crippen LogP contribution in [0.5, 0.6) is 0 Å². The molecule has 3 aromatic rings. The third-order valence-corrected chi connectivity index (χ3v) is 3.91. The minimum atomic E-state index is -1.02. The van der Waals surface area contributed by atoms with Gasteiger partial charge in [-0.1, -0.05) is 42.5 Å². The summed E-state index contributed by atoms with van der Waals surface area (Å²) in [5.41, 5.74) is 3.58. The maximum atomic E-state index is 12.9. The Kier molecular flexibility index (Phi) is 6.63. The lowest BCUT2D eigenvalue weighted by Gasteiger charge is -2.11. The normalized spacial score (nSPS) is 10.4. The predicted octanol–water partition coefficient (Wildman–Crippen LogP) is 3.17. The largest absolute Gasteiger partial charge is 0.329 e. The van der Waals surface area contributed by atoms with E-state index in [-0.39, 0.29) is 11.3 Å². The number of rotatable bonds is 5. The van der Waals surface area contributed by atoms with Gasteiger partial charge in [-0.3, -0.25) is 14.4 Å². The van der Waals surface area contributed by atoms with E-state index in [1.807, 2.05) is 6.07 Å². The molecule has 0 heterocycles. The number of hydrogen-bond acceptors (Lipinski definition) is 4. The maximum Gasteiger partial charge on any atom is 0.329 e. The average Bonchev–Trinajstić information content (AvgIpc) is 2.76. The zero-order valence-corrected chi connectivity index (χ0v) is 15.6. The number of halogens is 1. The molecule has 30 heavy (non-hydrogen) atoms. The van der Waals surface area contributed by atoms with Crippen molar-refractivity contribution in [1.82, 2.24) is 5.43 Å². The van der Waals surface area contributed by atoms with Crippen molar-refractivity contribution in [2.24, 2.45) is 5.10 Å². The summed E-state index contributed by atoms with van der Waals surface area (Å²) < 4.78 is 12.9. The molecule has 0 spiro atoms. The van der Waals surface area contributed by atoms with Gasteiger partial charge < -0.3 is 10.6 Å². The van der Waals surface area contributed by atoms with Crippen LogP contribution in [0.2, 0.25) is 0 Å². The van der Waals surface area contributed by atoms with E-state index in [2.05, 4.69) is 21.2 Å². The summed E-state index contributed by atoms with van der Waals surface area (Å²) in [7, 11) is 0. The van der Waals surface area contributed by atoms with Gasteiger partial charge in [-0.25, -0.2) is 9.82 Å². The van der Waals surface area contributed by atoms with Crippen LogP contribution in [0.1, 0.15) is 15.9 Å². The maximum absolute atomic E-state index is 12.9. The van der Waals surface area contributed by atoms with E-state index in [9.17, 15) is 18.8 Å². The Morgan fingerprint density at radius 1 is 0.767 bits per heavy atom.